The van der Waals surface area contributed by atoms with Crippen LogP contribution < -0.4 is 5.32 Å². The van der Waals surface area contributed by atoms with Crippen molar-refractivity contribution in [2.75, 3.05) is 19.6 Å². The van der Waals surface area contributed by atoms with Crippen molar-refractivity contribution in [2.45, 2.75) is 25.8 Å². The van der Waals surface area contributed by atoms with Gasteiger partial charge in [0.25, 0.3) is 5.91 Å². The van der Waals surface area contributed by atoms with E-state index >= 15 is 0 Å². The molecule has 1 N–H and O–H groups in total. The van der Waals surface area contributed by atoms with Crippen LogP contribution in [0.2, 0.25) is 0 Å². The van der Waals surface area contributed by atoms with Crippen molar-refractivity contribution >= 4 is 27.5 Å². The quantitative estimate of drug-likeness (QED) is 0.940. The van der Waals surface area contributed by atoms with E-state index in [9.17, 15) is 4.79 Å². The molecule has 3 rings (SSSR count). The van der Waals surface area contributed by atoms with Crippen LogP contribution in [0.1, 0.15) is 30.1 Å². The molecule has 0 aliphatic carbocycles. The molecule has 106 valence electrons. The number of hydrogen-bond acceptors (Lipinski definition) is 4. The Morgan fingerprint density at radius 1 is 1.55 bits per heavy atom. The first-order valence-electron chi connectivity index (χ1n) is 7.14. The second kappa shape index (κ2) is 5.89. The number of fused-ring (bicyclic) bond motifs is 1. The number of nitrogens with zero attached hydrogens (tertiary/aromatic N) is 2. The fourth-order valence-corrected chi connectivity index (χ4v) is 3.47. The van der Waals surface area contributed by atoms with Gasteiger partial charge in [-0.15, -0.1) is 11.3 Å². The summed E-state index contributed by atoms with van der Waals surface area (Å²) in [5.74, 6) is 0.149. The number of thiazole rings is 1. The van der Waals surface area contributed by atoms with Gasteiger partial charge < -0.3 is 10.2 Å². The largest absolute Gasteiger partial charge is 0.334 e. The van der Waals surface area contributed by atoms with Crippen LogP contribution in [-0.2, 0) is 0 Å². The maximum atomic E-state index is 12.8. The third-order valence-electron chi connectivity index (χ3n) is 3.78. The summed E-state index contributed by atoms with van der Waals surface area (Å²) in [7, 11) is 0. The van der Waals surface area contributed by atoms with Crippen LogP contribution in [0.15, 0.2) is 23.7 Å². The van der Waals surface area contributed by atoms with Gasteiger partial charge in [-0.3, -0.25) is 4.79 Å². The molecule has 1 atom stereocenters. The van der Waals surface area contributed by atoms with Crippen molar-refractivity contribution < 1.29 is 4.79 Å². The van der Waals surface area contributed by atoms with E-state index in [4.69, 9.17) is 0 Å². The lowest BCUT2D eigenvalue weighted by molar-refractivity contribution is 0.0692. The Bertz CT molecular complexity index is 604. The van der Waals surface area contributed by atoms with E-state index in [1.165, 1.54) is 0 Å². The first-order chi connectivity index (χ1) is 9.79. The molecule has 0 bridgehead atoms. The highest BCUT2D eigenvalue weighted by molar-refractivity contribution is 7.16. The number of nitrogens with one attached hydrogen (secondary N) is 1. The molecule has 1 unspecified atom stereocenters. The van der Waals surface area contributed by atoms with Crippen LogP contribution in [0, 0.1) is 0 Å². The SMILES string of the molecule is CCCN(C(=O)c1ccc2ncsc2c1)C1CCNC1. The van der Waals surface area contributed by atoms with Crippen molar-refractivity contribution in [3.8, 4) is 0 Å². The highest BCUT2D eigenvalue weighted by Gasteiger charge is 2.26. The maximum Gasteiger partial charge on any atom is 0.254 e. The highest BCUT2D eigenvalue weighted by atomic mass is 32.1. The summed E-state index contributed by atoms with van der Waals surface area (Å²) < 4.78 is 1.08. The van der Waals surface area contributed by atoms with E-state index < -0.39 is 0 Å². The molecule has 2 heterocycles. The first kappa shape index (κ1) is 13.5. The van der Waals surface area contributed by atoms with Gasteiger partial charge in [0.15, 0.2) is 0 Å². The topological polar surface area (TPSA) is 45.2 Å². The van der Waals surface area contributed by atoms with Crippen LogP contribution in [0.3, 0.4) is 0 Å². The summed E-state index contributed by atoms with van der Waals surface area (Å²) >= 11 is 1.58. The predicted molar refractivity (Wildman–Crippen MR) is 82.2 cm³/mol. The average molecular weight is 289 g/mol. The number of carbonyl (C=O) groups excluding carboxylic acids is 1. The lowest BCUT2D eigenvalue weighted by Crippen LogP contribution is -2.42. The normalized spacial score (nSPS) is 18.6. The van der Waals surface area contributed by atoms with Gasteiger partial charge in [-0.05, 0) is 37.6 Å². The van der Waals surface area contributed by atoms with Crippen LogP contribution in [0.5, 0.6) is 0 Å². The number of aromatic nitrogens is 1. The van der Waals surface area contributed by atoms with E-state index in [1.54, 1.807) is 11.3 Å². The number of carbonyl (C=O) groups is 1. The van der Waals surface area contributed by atoms with Crippen molar-refractivity contribution in [1.82, 2.24) is 15.2 Å². The summed E-state index contributed by atoms with van der Waals surface area (Å²) in [6.45, 7) is 4.86. The van der Waals surface area contributed by atoms with Gasteiger partial charge in [0.2, 0.25) is 0 Å². The Morgan fingerprint density at radius 2 is 2.45 bits per heavy atom. The fourth-order valence-electron chi connectivity index (χ4n) is 2.75. The van der Waals surface area contributed by atoms with Gasteiger partial charge in [-0.1, -0.05) is 6.92 Å². The van der Waals surface area contributed by atoms with Gasteiger partial charge >= 0.3 is 0 Å². The minimum atomic E-state index is 0.149. The number of benzene rings is 1. The zero-order chi connectivity index (χ0) is 13.9. The molecule has 4 nitrogen and oxygen atoms in total. The zero-order valence-electron chi connectivity index (χ0n) is 11.6. The van der Waals surface area contributed by atoms with Crippen molar-refractivity contribution in [2.24, 2.45) is 0 Å². The predicted octanol–water partition coefficient (Wildman–Crippen LogP) is 2.51. The summed E-state index contributed by atoms with van der Waals surface area (Å²) in [6.07, 6.45) is 2.04. The van der Waals surface area contributed by atoms with Crippen LogP contribution in [-0.4, -0.2) is 41.5 Å². The van der Waals surface area contributed by atoms with Crippen molar-refractivity contribution in [3.05, 3.63) is 29.3 Å². The lowest BCUT2D eigenvalue weighted by Gasteiger charge is -2.28. The summed E-state index contributed by atoms with van der Waals surface area (Å²) in [5, 5.41) is 3.34. The maximum absolute atomic E-state index is 12.8. The molecule has 20 heavy (non-hydrogen) atoms. The minimum Gasteiger partial charge on any atom is -0.334 e. The first-order valence-corrected chi connectivity index (χ1v) is 8.02. The standard InChI is InChI=1S/C15H19N3OS/c1-2-7-18(12-5-6-16-9-12)15(19)11-3-4-13-14(8-11)20-10-17-13/h3-4,8,10,12,16H,2,5-7,9H2,1H3. The summed E-state index contributed by atoms with van der Waals surface area (Å²) in [4.78, 5) is 19.1. The Morgan fingerprint density at radius 3 is 3.20 bits per heavy atom. The number of amides is 1. The molecule has 2 aromatic rings. The Hall–Kier alpha value is -1.46. The molecule has 1 saturated heterocycles. The molecule has 0 radical (unpaired) electrons. The molecule has 1 amide bonds. The minimum absolute atomic E-state index is 0.149. The van der Waals surface area contributed by atoms with Gasteiger partial charge in [0, 0.05) is 24.7 Å². The van der Waals surface area contributed by atoms with Crippen LogP contribution in [0.4, 0.5) is 0 Å². The molecule has 0 saturated carbocycles. The third kappa shape index (κ3) is 2.55. The molecular formula is C15H19N3OS. The van der Waals surface area contributed by atoms with E-state index in [0.29, 0.717) is 6.04 Å². The van der Waals surface area contributed by atoms with Gasteiger partial charge in [-0.25, -0.2) is 4.98 Å². The highest BCUT2D eigenvalue weighted by Crippen LogP contribution is 2.21. The Balaban J connectivity index is 1.87. The molecule has 5 heteroatoms. The van der Waals surface area contributed by atoms with Crippen molar-refractivity contribution in [3.63, 3.8) is 0 Å². The fraction of sp³-hybridized carbons (Fsp3) is 0.467. The molecule has 0 spiro atoms. The smallest absolute Gasteiger partial charge is 0.254 e. The number of rotatable bonds is 4. The second-order valence-corrected chi connectivity index (χ2v) is 6.07. The van der Waals surface area contributed by atoms with Crippen LogP contribution in [0.25, 0.3) is 10.2 Å². The summed E-state index contributed by atoms with van der Waals surface area (Å²) in [5.41, 5.74) is 3.57. The lowest BCUT2D eigenvalue weighted by atomic mass is 10.1. The zero-order valence-corrected chi connectivity index (χ0v) is 12.4. The van der Waals surface area contributed by atoms with E-state index in [0.717, 1.165) is 48.3 Å². The van der Waals surface area contributed by atoms with Gasteiger partial charge in [0.1, 0.15) is 0 Å². The molecule has 1 aliphatic heterocycles. The molecule has 1 aromatic carbocycles. The van der Waals surface area contributed by atoms with E-state index in [2.05, 4.69) is 17.2 Å². The molecular weight excluding hydrogens is 270 g/mol. The molecule has 1 aliphatic rings. The molecule has 1 fully saturated rings. The van der Waals surface area contributed by atoms with Gasteiger partial charge in [-0.2, -0.15) is 0 Å². The van der Waals surface area contributed by atoms with E-state index in [1.807, 2.05) is 28.6 Å². The third-order valence-corrected chi connectivity index (χ3v) is 4.57. The second-order valence-electron chi connectivity index (χ2n) is 5.18. The summed E-state index contributed by atoms with van der Waals surface area (Å²) in [6, 6.07) is 6.14. The molecule has 1 aromatic heterocycles. The number of hydrogen-bond donors (Lipinski definition) is 1. The van der Waals surface area contributed by atoms with Crippen LogP contribution >= 0.6 is 11.3 Å². The van der Waals surface area contributed by atoms with E-state index in [-0.39, 0.29) is 5.91 Å². The van der Waals surface area contributed by atoms with Gasteiger partial charge in [0.05, 0.1) is 15.7 Å². The average Bonchev–Trinajstić information content (AvgIpc) is 3.13. The Kier molecular flexibility index (Phi) is 3.98. The monoisotopic (exact) mass is 289 g/mol. The van der Waals surface area contributed by atoms with Crippen molar-refractivity contribution in [1.29, 1.82) is 0 Å². The Labute approximate surface area is 122 Å².